The summed E-state index contributed by atoms with van der Waals surface area (Å²) in [4.78, 5) is 13.2. The van der Waals surface area contributed by atoms with Gasteiger partial charge >= 0.3 is 5.97 Å². The van der Waals surface area contributed by atoms with Crippen molar-refractivity contribution in [2.45, 2.75) is 13.1 Å². The second kappa shape index (κ2) is 7.95. The Morgan fingerprint density at radius 1 is 1.04 bits per heavy atom. The van der Waals surface area contributed by atoms with Crippen molar-refractivity contribution >= 4 is 11.7 Å². The van der Waals surface area contributed by atoms with E-state index < -0.39 is 5.97 Å². The van der Waals surface area contributed by atoms with Crippen LogP contribution in [0.1, 0.15) is 21.5 Å². The molecule has 0 bridgehead atoms. The third-order valence-corrected chi connectivity index (χ3v) is 4.15. The molecule has 0 radical (unpaired) electrons. The molecule has 126 valence electrons. The van der Waals surface area contributed by atoms with Crippen LogP contribution in [0.2, 0.25) is 0 Å². The maximum Gasteiger partial charge on any atom is 0.335 e. The second-order valence-electron chi connectivity index (χ2n) is 5.87. The van der Waals surface area contributed by atoms with E-state index in [1.807, 2.05) is 12.1 Å². The van der Waals surface area contributed by atoms with Crippen molar-refractivity contribution in [2.75, 3.05) is 31.2 Å². The van der Waals surface area contributed by atoms with Gasteiger partial charge in [0.1, 0.15) is 0 Å². The summed E-state index contributed by atoms with van der Waals surface area (Å²) in [5.41, 5.74) is 3.87. The van der Waals surface area contributed by atoms with Crippen molar-refractivity contribution in [1.82, 2.24) is 5.32 Å². The van der Waals surface area contributed by atoms with Gasteiger partial charge in [0.2, 0.25) is 0 Å². The topological polar surface area (TPSA) is 61.8 Å². The van der Waals surface area contributed by atoms with E-state index in [2.05, 4.69) is 34.5 Å². The van der Waals surface area contributed by atoms with Crippen molar-refractivity contribution in [3.63, 3.8) is 0 Å². The highest BCUT2D eigenvalue weighted by molar-refractivity contribution is 5.87. The maximum atomic E-state index is 10.8. The Bertz CT molecular complexity index is 679. The minimum absolute atomic E-state index is 0.317. The molecule has 0 saturated carbocycles. The molecule has 0 unspecified atom stereocenters. The fourth-order valence-corrected chi connectivity index (χ4v) is 2.80. The summed E-state index contributed by atoms with van der Waals surface area (Å²) in [6.45, 7) is 4.93. The van der Waals surface area contributed by atoms with Crippen LogP contribution in [0.25, 0.3) is 0 Å². The number of benzene rings is 2. The highest BCUT2D eigenvalue weighted by atomic mass is 16.5. The minimum atomic E-state index is -0.894. The molecule has 0 aliphatic carbocycles. The Balaban J connectivity index is 1.53. The summed E-state index contributed by atoms with van der Waals surface area (Å²) in [5.74, 6) is -0.894. The Labute approximate surface area is 141 Å². The zero-order chi connectivity index (χ0) is 16.8. The molecule has 1 fully saturated rings. The van der Waals surface area contributed by atoms with E-state index in [0.717, 1.165) is 38.4 Å². The number of carbonyl (C=O) groups is 1. The van der Waals surface area contributed by atoms with Gasteiger partial charge in [0, 0.05) is 31.9 Å². The van der Waals surface area contributed by atoms with E-state index in [0.29, 0.717) is 12.1 Å². The molecule has 24 heavy (non-hydrogen) atoms. The number of aromatic carboxylic acids is 1. The van der Waals surface area contributed by atoms with Crippen LogP contribution < -0.4 is 10.2 Å². The minimum Gasteiger partial charge on any atom is -0.478 e. The quantitative estimate of drug-likeness (QED) is 0.854. The summed E-state index contributed by atoms with van der Waals surface area (Å²) in [6, 6.07) is 15.5. The monoisotopic (exact) mass is 326 g/mol. The molecule has 0 aromatic heterocycles. The SMILES string of the molecule is O=C(O)c1ccc(CNCc2cccc(N3CCOCC3)c2)cc1. The number of nitrogens with zero attached hydrogens (tertiary/aromatic N) is 1. The second-order valence-corrected chi connectivity index (χ2v) is 5.87. The molecule has 2 aromatic rings. The molecule has 1 saturated heterocycles. The number of hydrogen-bond donors (Lipinski definition) is 2. The van der Waals surface area contributed by atoms with Gasteiger partial charge in [-0.1, -0.05) is 24.3 Å². The molecule has 2 aromatic carbocycles. The number of ether oxygens (including phenoxy) is 1. The van der Waals surface area contributed by atoms with Crippen molar-refractivity contribution in [3.05, 3.63) is 65.2 Å². The van der Waals surface area contributed by atoms with Crippen molar-refractivity contribution in [2.24, 2.45) is 0 Å². The van der Waals surface area contributed by atoms with E-state index in [1.165, 1.54) is 11.3 Å². The smallest absolute Gasteiger partial charge is 0.335 e. The summed E-state index contributed by atoms with van der Waals surface area (Å²) in [5, 5.41) is 12.3. The highest BCUT2D eigenvalue weighted by Gasteiger charge is 2.11. The first kappa shape index (κ1) is 16.5. The van der Waals surface area contributed by atoms with Gasteiger partial charge in [0.25, 0.3) is 0 Å². The number of carboxylic acid groups (broad SMARTS) is 1. The first-order valence-electron chi connectivity index (χ1n) is 8.17. The number of hydrogen-bond acceptors (Lipinski definition) is 4. The third-order valence-electron chi connectivity index (χ3n) is 4.15. The van der Waals surface area contributed by atoms with Crippen LogP contribution in [-0.4, -0.2) is 37.4 Å². The van der Waals surface area contributed by atoms with Gasteiger partial charge in [-0.05, 0) is 35.4 Å². The Hall–Kier alpha value is -2.37. The molecule has 0 spiro atoms. The molecule has 5 heteroatoms. The van der Waals surface area contributed by atoms with Gasteiger partial charge in [-0.2, -0.15) is 0 Å². The van der Waals surface area contributed by atoms with Gasteiger partial charge < -0.3 is 20.1 Å². The molecule has 2 N–H and O–H groups in total. The van der Waals surface area contributed by atoms with Crippen LogP contribution in [0.3, 0.4) is 0 Å². The predicted molar refractivity (Wildman–Crippen MR) is 93.4 cm³/mol. The van der Waals surface area contributed by atoms with E-state index in [-0.39, 0.29) is 0 Å². The molecule has 1 aliphatic rings. The molecule has 1 heterocycles. The third kappa shape index (κ3) is 4.34. The Morgan fingerprint density at radius 2 is 1.75 bits per heavy atom. The van der Waals surface area contributed by atoms with Gasteiger partial charge in [-0.3, -0.25) is 0 Å². The average Bonchev–Trinajstić information content (AvgIpc) is 2.63. The average molecular weight is 326 g/mol. The summed E-state index contributed by atoms with van der Waals surface area (Å²) < 4.78 is 5.40. The molecule has 0 amide bonds. The molecule has 0 atom stereocenters. The number of nitrogens with one attached hydrogen (secondary N) is 1. The van der Waals surface area contributed by atoms with E-state index in [4.69, 9.17) is 9.84 Å². The van der Waals surface area contributed by atoms with Crippen LogP contribution in [-0.2, 0) is 17.8 Å². The molecule has 5 nitrogen and oxygen atoms in total. The molecule has 1 aliphatic heterocycles. The highest BCUT2D eigenvalue weighted by Crippen LogP contribution is 2.17. The zero-order valence-corrected chi connectivity index (χ0v) is 13.6. The van der Waals surface area contributed by atoms with Crippen LogP contribution in [0.15, 0.2) is 48.5 Å². The predicted octanol–water partition coefficient (Wildman–Crippen LogP) is 2.51. The lowest BCUT2D eigenvalue weighted by Crippen LogP contribution is -2.36. The van der Waals surface area contributed by atoms with Crippen molar-refractivity contribution in [1.29, 1.82) is 0 Å². The van der Waals surface area contributed by atoms with Crippen molar-refractivity contribution in [3.8, 4) is 0 Å². The number of rotatable bonds is 6. The standard InChI is InChI=1S/C19H22N2O3/c22-19(23)17-6-4-15(5-7-17)13-20-14-16-2-1-3-18(12-16)21-8-10-24-11-9-21/h1-7,12,20H,8-11,13-14H2,(H,22,23). The first-order chi connectivity index (χ1) is 11.7. The largest absolute Gasteiger partial charge is 0.478 e. The first-order valence-corrected chi connectivity index (χ1v) is 8.17. The van der Waals surface area contributed by atoms with Gasteiger partial charge in [-0.15, -0.1) is 0 Å². The van der Waals surface area contributed by atoms with Crippen molar-refractivity contribution < 1.29 is 14.6 Å². The number of carboxylic acids is 1. The zero-order valence-electron chi connectivity index (χ0n) is 13.6. The lowest BCUT2D eigenvalue weighted by Gasteiger charge is -2.29. The summed E-state index contributed by atoms with van der Waals surface area (Å²) in [7, 11) is 0. The van der Waals surface area contributed by atoms with Crippen LogP contribution in [0.5, 0.6) is 0 Å². The Kier molecular flexibility index (Phi) is 5.46. The number of morpholine rings is 1. The fraction of sp³-hybridized carbons (Fsp3) is 0.316. The van der Waals surface area contributed by atoms with Gasteiger partial charge in [0.05, 0.1) is 18.8 Å². The van der Waals surface area contributed by atoms with Gasteiger partial charge in [-0.25, -0.2) is 4.79 Å². The normalized spacial score (nSPS) is 14.6. The van der Waals surface area contributed by atoms with E-state index in [9.17, 15) is 4.79 Å². The summed E-state index contributed by atoms with van der Waals surface area (Å²) >= 11 is 0. The Morgan fingerprint density at radius 3 is 2.46 bits per heavy atom. The molecular weight excluding hydrogens is 304 g/mol. The fourth-order valence-electron chi connectivity index (χ4n) is 2.80. The van der Waals surface area contributed by atoms with E-state index >= 15 is 0 Å². The molecular formula is C19H22N2O3. The van der Waals surface area contributed by atoms with Crippen LogP contribution in [0.4, 0.5) is 5.69 Å². The number of anilines is 1. The lowest BCUT2D eigenvalue weighted by atomic mass is 10.1. The van der Waals surface area contributed by atoms with Gasteiger partial charge in [0.15, 0.2) is 0 Å². The lowest BCUT2D eigenvalue weighted by molar-refractivity contribution is 0.0697. The van der Waals surface area contributed by atoms with Crippen LogP contribution >= 0.6 is 0 Å². The van der Waals surface area contributed by atoms with Crippen LogP contribution in [0, 0.1) is 0 Å². The summed E-state index contributed by atoms with van der Waals surface area (Å²) in [6.07, 6.45) is 0. The maximum absolute atomic E-state index is 10.8. The molecule has 3 rings (SSSR count). The van der Waals surface area contributed by atoms with E-state index in [1.54, 1.807) is 12.1 Å².